The lowest BCUT2D eigenvalue weighted by molar-refractivity contribution is 0.0857. The Morgan fingerprint density at radius 3 is 1.82 bits per heavy atom. The highest BCUT2D eigenvalue weighted by Crippen LogP contribution is 2.38. The Morgan fingerprint density at radius 2 is 1.53 bits per heavy atom. The first-order chi connectivity index (χ1) is 7.81. The van der Waals surface area contributed by atoms with Crippen LogP contribution in [0.1, 0.15) is 31.1 Å². The summed E-state index contributed by atoms with van der Waals surface area (Å²) < 4.78 is 10.0. The highest BCUT2D eigenvalue weighted by molar-refractivity contribution is 6.00. The second-order valence-corrected chi connectivity index (χ2v) is 4.81. The molecule has 1 aromatic carbocycles. The van der Waals surface area contributed by atoms with Crippen LogP contribution < -0.4 is 9.47 Å². The summed E-state index contributed by atoms with van der Waals surface area (Å²) in [5.41, 5.74) is -0.0310. The number of carbonyl (C=O) groups is 1. The molecule has 0 aromatic heterocycles. The second-order valence-electron chi connectivity index (χ2n) is 4.81. The van der Waals surface area contributed by atoms with Crippen LogP contribution in [0.15, 0.2) is 12.1 Å². The van der Waals surface area contributed by atoms with E-state index < -0.39 is 5.41 Å². The predicted octanol–water partition coefficient (Wildman–Crippen LogP) is 2.64. The summed E-state index contributed by atoms with van der Waals surface area (Å²) in [7, 11) is 2.86. The van der Waals surface area contributed by atoms with Gasteiger partial charge < -0.3 is 14.6 Å². The van der Waals surface area contributed by atoms with Gasteiger partial charge in [0, 0.05) is 11.0 Å². The molecule has 1 rings (SSSR count). The van der Waals surface area contributed by atoms with E-state index in [1.165, 1.54) is 26.4 Å². The van der Waals surface area contributed by atoms with E-state index in [4.69, 9.17) is 9.47 Å². The molecule has 4 nitrogen and oxygen atoms in total. The lowest BCUT2D eigenvalue weighted by atomic mass is 9.86. The van der Waals surface area contributed by atoms with Crippen LogP contribution in [0.25, 0.3) is 0 Å². The van der Waals surface area contributed by atoms with Gasteiger partial charge in [-0.15, -0.1) is 0 Å². The van der Waals surface area contributed by atoms with E-state index in [0.717, 1.165) is 0 Å². The van der Waals surface area contributed by atoms with Crippen molar-refractivity contribution in [2.24, 2.45) is 5.41 Å². The number of ether oxygens (including phenoxy) is 2. The van der Waals surface area contributed by atoms with Crippen LogP contribution in [0.2, 0.25) is 0 Å². The van der Waals surface area contributed by atoms with Crippen molar-refractivity contribution in [2.45, 2.75) is 20.8 Å². The molecule has 0 saturated heterocycles. The van der Waals surface area contributed by atoms with Gasteiger partial charge in [-0.25, -0.2) is 0 Å². The van der Waals surface area contributed by atoms with Crippen LogP contribution in [0.3, 0.4) is 0 Å². The molecule has 94 valence electrons. The zero-order valence-corrected chi connectivity index (χ0v) is 10.8. The Balaban J connectivity index is 3.32. The number of methoxy groups -OCH3 is 2. The molecule has 0 fully saturated rings. The molecule has 4 heteroatoms. The molecule has 0 atom stereocenters. The fourth-order valence-corrected chi connectivity index (χ4v) is 1.46. The quantitative estimate of drug-likeness (QED) is 0.822. The Kier molecular flexibility index (Phi) is 3.66. The number of benzene rings is 1. The van der Waals surface area contributed by atoms with E-state index in [2.05, 4.69) is 0 Å². The van der Waals surface area contributed by atoms with E-state index in [1.807, 2.05) is 20.8 Å². The molecule has 0 radical (unpaired) electrons. The summed E-state index contributed by atoms with van der Waals surface area (Å²) in [5, 5.41) is 9.74. The SMILES string of the molecule is COc1cc(C(=O)C(C)(C)C)cc(OC)c1O. The van der Waals surface area contributed by atoms with Crippen molar-refractivity contribution in [3.05, 3.63) is 17.7 Å². The van der Waals surface area contributed by atoms with Crippen molar-refractivity contribution in [1.82, 2.24) is 0 Å². The smallest absolute Gasteiger partial charge is 0.200 e. The van der Waals surface area contributed by atoms with Crippen LogP contribution >= 0.6 is 0 Å². The van der Waals surface area contributed by atoms with Gasteiger partial charge in [-0.3, -0.25) is 4.79 Å². The fraction of sp³-hybridized carbons (Fsp3) is 0.462. The number of aromatic hydroxyl groups is 1. The van der Waals surface area contributed by atoms with E-state index in [9.17, 15) is 9.90 Å². The van der Waals surface area contributed by atoms with Crippen molar-refractivity contribution in [3.8, 4) is 17.2 Å². The Bertz CT molecular complexity index is 405. The van der Waals surface area contributed by atoms with Crippen molar-refractivity contribution in [1.29, 1.82) is 0 Å². The number of rotatable bonds is 3. The topological polar surface area (TPSA) is 55.8 Å². The minimum Gasteiger partial charge on any atom is -0.502 e. The van der Waals surface area contributed by atoms with Crippen molar-refractivity contribution >= 4 is 5.78 Å². The number of ketones is 1. The molecule has 0 spiro atoms. The number of phenolic OH excluding ortho intramolecular Hbond substituents is 1. The van der Waals surface area contributed by atoms with Gasteiger partial charge >= 0.3 is 0 Å². The lowest BCUT2D eigenvalue weighted by Gasteiger charge is -2.18. The zero-order chi connectivity index (χ0) is 13.2. The number of hydrogen-bond acceptors (Lipinski definition) is 4. The molecule has 0 unspecified atom stereocenters. The summed E-state index contributed by atoms with van der Waals surface area (Å²) in [6.07, 6.45) is 0. The van der Waals surface area contributed by atoms with Gasteiger partial charge in [-0.2, -0.15) is 0 Å². The standard InChI is InChI=1S/C13H18O4/c1-13(2,3)12(15)8-6-9(16-4)11(14)10(7-8)17-5/h6-7,14H,1-5H3. The van der Waals surface area contributed by atoms with Gasteiger partial charge in [0.15, 0.2) is 17.3 Å². The molecule has 0 bridgehead atoms. The molecule has 0 aliphatic heterocycles. The first kappa shape index (κ1) is 13.4. The van der Waals surface area contributed by atoms with Gasteiger partial charge in [0.1, 0.15) is 0 Å². The monoisotopic (exact) mass is 238 g/mol. The maximum absolute atomic E-state index is 12.1. The zero-order valence-electron chi connectivity index (χ0n) is 10.8. The largest absolute Gasteiger partial charge is 0.502 e. The van der Waals surface area contributed by atoms with Crippen LogP contribution in [0, 0.1) is 5.41 Å². The molecular formula is C13H18O4. The lowest BCUT2D eigenvalue weighted by Crippen LogP contribution is -2.20. The van der Waals surface area contributed by atoms with Crippen LogP contribution in [-0.4, -0.2) is 25.1 Å². The number of Topliss-reactive ketones (excluding diaryl/α,β-unsaturated/α-hetero) is 1. The number of hydrogen-bond donors (Lipinski definition) is 1. The minimum atomic E-state index is -0.493. The van der Waals surface area contributed by atoms with Gasteiger partial charge in [0.2, 0.25) is 5.75 Å². The molecule has 1 N–H and O–H groups in total. The first-order valence-electron chi connectivity index (χ1n) is 5.31. The van der Waals surface area contributed by atoms with Crippen molar-refractivity contribution in [3.63, 3.8) is 0 Å². The number of phenols is 1. The van der Waals surface area contributed by atoms with E-state index >= 15 is 0 Å². The summed E-state index contributed by atoms with van der Waals surface area (Å²) in [6, 6.07) is 3.04. The minimum absolute atomic E-state index is 0.0332. The molecule has 0 heterocycles. The molecule has 0 saturated carbocycles. The van der Waals surface area contributed by atoms with E-state index in [0.29, 0.717) is 5.56 Å². The molecule has 0 amide bonds. The molecular weight excluding hydrogens is 220 g/mol. The van der Waals surface area contributed by atoms with Gasteiger partial charge in [0.25, 0.3) is 0 Å². The normalized spacial score (nSPS) is 11.1. The summed E-state index contributed by atoms with van der Waals surface area (Å²) in [5.74, 6) is 0.337. The predicted molar refractivity (Wildman–Crippen MR) is 65.0 cm³/mol. The third-order valence-electron chi connectivity index (χ3n) is 2.42. The Morgan fingerprint density at radius 1 is 1.12 bits per heavy atom. The van der Waals surface area contributed by atoms with Crippen LogP contribution in [0.5, 0.6) is 17.2 Å². The summed E-state index contributed by atoms with van der Waals surface area (Å²) in [6.45, 7) is 5.50. The van der Waals surface area contributed by atoms with E-state index in [1.54, 1.807) is 0 Å². The Hall–Kier alpha value is -1.71. The maximum Gasteiger partial charge on any atom is 0.200 e. The third kappa shape index (κ3) is 2.70. The summed E-state index contributed by atoms with van der Waals surface area (Å²) >= 11 is 0. The maximum atomic E-state index is 12.1. The highest BCUT2D eigenvalue weighted by Gasteiger charge is 2.25. The van der Waals surface area contributed by atoms with E-state index in [-0.39, 0.29) is 23.0 Å². The molecule has 0 aliphatic rings. The first-order valence-corrected chi connectivity index (χ1v) is 5.31. The van der Waals surface area contributed by atoms with Gasteiger partial charge in [-0.05, 0) is 12.1 Å². The van der Waals surface area contributed by atoms with Crippen molar-refractivity contribution < 1.29 is 19.4 Å². The van der Waals surface area contributed by atoms with Crippen LogP contribution in [0.4, 0.5) is 0 Å². The Labute approximate surface area is 101 Å². The molecule has 0 aliphatic carbocycles. The fourth-order valence-electron chi connectivity index (χ4n) is 1.46. The van der Waals surface area contributed by atoms with Gasteiger partial charge in [0.05, 0.1) is 14.2 Å². The second kappa shape index (κ2) is 4.65. The molecule has 17 heavy (non-hydrogen) atoms. The number of carbonyl (C=O) groups excluding carboxylic acids is 1. The van der Waals surface area contributed by atoms with Crippen molar-refractivity contribution in [2.75, 3.05) is 14.2 Å². The molecule has 1 aromatic rings. The third-order valence-corrected chi connectivity index (χ3v) is 2.42. The van der Waals surface area contributed by atoms with Gasteiger partial charge in [-0.1, -0.05) is 20.8 Å². The average Bonchev–Trinajstić information content (AvgIpc) is 2.27. The summed E-state index contributed by atoms with van der Waals surface area (Å²) in [4.78, 5) is 12.1. The average molecular weight is 238 g/mol. The highest BCUT2D eigenvalue weighted by atomic mass is 16.5. The van der Waals surface area contributed by atoms with Crippen LogP contribution in [-0.2, 0) is 0 Å².